The van der Waals surface area contributed by atoms with Crippen LogP contribution in [0.3, 0.4) is 0 Å². The largest absolute Gasteiger partial charge is 0.545 e. The van der Waals surface area contributed by atoms with Crippen molar-refractivity contribution < 1.29 is 24.3 Å². The van der Waals surface area contributed by atoms with Gasteiger partial charge >= 0.3 is 0 Å². The number of hydrogen-bond donors (Lipinski definition) is 1. The fourth-order valence-electron chi connectivity index (χ4n) is 3.01. The van der Waals surface area contributed by atoms with E-state index in [0.29, 0.717) is 5.56 Å². The number of carbonyl (C=O) groups excluding carboxylic acids is 4. The van der Waals surface area contributed by atoms with Crippen molar-refractivity contribution >= 4 is 45.8 Å². The van der Waals surface area contributed by atoms with Gasteiger partial charge in [0, 0.05) is 22.7 Å². The first-order valence-corrected chi connectivity index (χ1v) is 9.30. The van der Waals surface area contributed by atoms with Crippen LogP contribution in [-0.2, 0) is 0 Å². The molecule has 0 saturated heterocycles. The molecule has 0 spiro atoms. The van der Waals surface area contributed by atoms with Gasteiger partial charge in [-0.3, -0.25) is 14.4 Å². The zero-order valence-corrected chi connectivity index (χ0v) is 15.8. The molecule has 3 aromatic rings. The highest BCUT2D eigenvalue weighted by Gasteiger charge is 2.38. The Morgan fingerprint density at radius 3 is 2.52 bits per heavy atom. The summed E-state index contributed by atoms with van der Waals surface area (Å²) in [5.41, 5.74) is 0.991. The van der Waals surface area contributed by atoms with Crippen molar-refractivity contribution in [2.45, 2.75) is 6.92 Å². The minimum Gasteiger partial charge on any atom is -0.545 e. The minimum absolute atomic E-state index is 0.0768. The Balaban J connectivity index is 1.65. The number of rotatable bonds is 4. The van der Waals surface area contributed by atoms with Crippen LogP contribution in [0.2, 0.25) is 0 Å². The number of hydrogen-bond acceptors (Lipinski definition) is 7. The number of carboxylic acid groups (broad SMARTS) is 1. The lowest BCUT2D eigenvalue weighted by molar-refractivity contribution is -0.254. The minimum atomic E-state index is -1.42. The number of nitrogens with zero attached hydrogens (tertiary/aromatic N) is 2. The molecule has 8 nitrogen and oxygen atoms in total. The van der Waals surface area contributed by atoms with Crippen LogP contribution in [0.5, 0.6) is 0 Å². The standard InChI is InChI=1S/C20H13N3O5S/c1-10-2-5-15(14(8-10)19(27)28)22-16(24)11-3-4-12-13(9-11)18(26)23(17(12)25)20-21-6-7-29-20/h2-9H,1H3,(H,22,24)(H,27,28)/p-1. The summed E-state index contributed by atoms with van der Waals surface area (Å²) in [7, 11) is 0. The number of fused-ring (bicyclic) bond motifs is 1. The highest BCUT2D eigenvalue weighted by Crippen LogP contribution is 2.30. The van der Waals surface area contributed by atoms with Gasteiger partial charge in [-0.25, -0.2) is 9.88 Å². The van der Waals surface area contributed by atoms with Gasteiger partial charge in [0.05, 0.1) is 22.8 Å². The molecule has 4 rings (SSSR count). The third-order valence-corrected chi connectivity index (χ3v) is 5.16. The molecular formula is C20H12N3O5S-. The van der Waals surface area contributed by atoms with Crippen molar-refractivity contribution in [3.8, 4) is 0 Å². The van der Waals surface area contributed by atoms with Gasteiger partial charge in [-0.15, -0.1) is 11.3 Å². The lowest BCUT2D eigenvalue weighted by Gasteiger charge is -2.13. The Morgan fingerprint density at radius 1 is 1.07 bits per heavy atom. The van der Waals surface area contributed by atoms with Crippen molar-refractivity contribution in [3.63, 3.8) is 0 Å². The van der Waals surface area contributed by atoms with E-state index in [0.717, 1.165) is 16.2 Å². The molecule has 29 heavy (non-hydrogen) atoms. The smallest absolute Gasteiger partial charge is 0.268 e. The lowest BCUT2D eigenvalue weighted by atomic mass is 10.0. The number of imide groups is 1. The SMILES string of the molecule is Cc1ccc(NC(=O)c2ccc3c(c2)C(=O)N(c2nccs2)C3=O)c(C(=O)[O-])c1. The molecule has 0 radical (unpaired) electrons. The molecule has 3 amide bonds. The van der Waals surface area contributed by atoms with E-state index in [2.05, 4.69) is 10.3 Å². The molecule has 1 aliphatic heterocycles. The molecule has 0 saturated carbocycles. The fraction of sp³-hybridized carbons (Fsp3) is 0.0500. The molecule has 0 atom stereocenters. The van der Waals surface area contributed by atoms with Crippen molar-refractivity contribution in [1.82, 2.24) is 4.98 Å². The topological polar surface area (TPSA) is 120 Å². The Bertz CT molecular complexity index is 1190. The Morgan fingerprint density at radius 2 is 1.83 bits per heavy atom. The quantitative estimate of drug-likeness (QED) is 0.661. The van der Waals surface area contributed by atoms with Gasteiger partial charge in [0.2, 0.25) is 0 Å². The van der Waals surface area contributed by atoms with E-state index in [1.165, 1.54) is 36.5 Å². The second-order valence-corrected chi connectivity index (χ2v) is 7.18. The molecule has 2 aromatic carbocycles. The Labute approximate surface area is 168 Å². The Kier molecular flexibility index (Phi) is 4.44. The molecule has 1 aliphatic rings. The average molecular weight is 406 g/mol. The number of carboxylic acids is 1. The van der Waals surface area contributed by atoms with Crippen LogP contribution in [-0.4, -0.2) is 28.7 Å². The summed E-state index contributed by atoms with van der Waals surface area (Å²) in [4.78, 5) is 54.1. The number of aryl methyl sites for hydroxylation is 1. The highest BCUT2D eigenvalue weighted by molar-refractivity contribution is 7.14. The van der Waals surface area contributed by atoms with Crippen molar-refractivity contribution in [2.24, 2.45) is 0 Å². The van der Waals surface area contributed by atoms with Gasteiger partial charge in [0.25, 0.3) is 17.7 Å². The summed E-state index contributed by atoms with van der Waals surface area (Å²) < 4.78 is 0. The number of aromatic carboxylic acids is 1. The summed E-state index contributed by atoms with van der Waals surface area (Å²) in [6.07, 6.45) is 1.49. The summed E-state index contributed by atoms with van der Waals surface area (Å²) in [6, 6.07) is 8.61. The predicted octanol–water partition coefficient (Wildman–Crippen LogP) is 1.87. The summed E-state index contributed by atoms with van der Waals surface area (Å²) in [5, 5.41) is 15.7. The van der Waals surface area contributed by atoms with Crippen LogP contribution in [0.25, 0.3) is 0 Å². The van der Waals surface area contributed by atoms with E-state index in [1.807, 2.05) is 0 Å². The lowest BCUT2D eigenvalue weighted by Crippen LogP contribution is -2.29. The van der Waals surface area contributed by atoms with Gasteiger partial charge < -0.3 is 15.2 Å². The van der Waals surface area contributed by atoms with E-state index < -0.39 is 23.7 Å². The highest BCUT2D eigenvalue weighted by atomic mass is 32.1. The maximum atomic E-state index is 12.7. The molecule has 0 aliphatic carbocycles. The third kappa shape index (κ3) is 3.17. The number of anilines is 2. The van der Waals surface area contributed by atoms with E-state index >= 15 is 0 Å². The number of nitrogens with one attached hydrogen (secondary N) is 1. The normalized spacial score (nSPS) is 12.8. The van der Waals surface area contributed by atoms with Gasteiger partial charge in [0.15, 0.2) is 5.13 Å². The first-order valence-electron chi connectivity index (χ1n) is 8.42. The van der Waals surface area contributed by atoms with E-state index in [1.54, 1.807) is 18.4 Å². The second-order valence-electron chi connectivity index (χ2n) is 6.31. The van der Waals surface area contributed by atoms with Crippen molar-refractivity contribution in [3.05, 3.63) is 75.8 Å². The number of carbonyl (C=O) groups is 4. The van der Waals surface area contributed by atoms with Gasteiger partial charge in [-0.2, -0.15) is 0 Å². The number of aromatic nitrogens is 1. The van der Waals surface area contributed by atoms with Gasteiger partial charge in [-0.1, -0.05) is 11.6 Å². The monoisotopic (exact) mass is 406 g/mol. The maximum Gasteiger partial charge on any atom is 0.268 e. The van der Waals surface area contributed by atoms with Crippen LogP contribution in [0, 0.1) is 6.92 Å². The van der Waals surface area contributed by atoms with Crippen LogP contribution in [0.15, 0.2) is 48.0 Å². The van der Waals surface area contributed by atoms with Crippen LogP contribution in [0.4, 0.5) is 10.8 Å². The molecular weight excluding hydrogens is 394 g/mol. The van der Waals surface area contributed by atoms with E-state index in [9.17, 15) is 24.3 Å². The van der Waals surface area contributed by atoms with Crippen LogP contribution >= 0.6 is 11.3 Å². The zero-order chi connectivity index (χ0) is 20.7. The zero-order valence-electron chi connectivity index (χ0n) is 15.0. The molecule has 9 heteroatoms. The molecule has 0 bridgehead atoms. The van der Waals surface area contributed by atoms with E-state index in [-0.39, 0.29) is 33.1 Å². The number of amides is 3. The summed E-state index contributed by atoms with van der Waals surface area (Å²) in [6.45, 7) is 1.72. The predicted molar refractivity (Wildman–Crippen MR) is 103 cm³/mol. The van der Waals surface area contributed by atoms with Gasteiger partial charge in [0.1, 0.15) is 0 Å². The third-order valence-electron chi connectivity index (χ3n) is 4.40. The first-order chi connectivity index (χ1) is 13.9. The van der Waals surface area contributed by atoms with E-state index in [4.69, 9.17) is 0 Å². The van der Waals surface area contributed by atoms with Crippen molar-refractivity contribution in [2.75, 3.05) is 10.2 Å². The van der Waals surface area contributed by atoms with Crippen molar-refractivity contribution in [1.29, 1.82) is 0 Å². The number of benzene rings is 2. The van der Waals surface area contributed by atoms with Crippen LogP contribution in [0.1, 0.15) is 47.0 Å². The molecule has 144 valence electrons. The summed E-state index contributed by atoms with van der Waals surface area (Å²) >= 11 is 1.15. The summed E-state index contributed by atoms with van der Waals surface area (Å²) in [5.74, 6) is -3.12. The van der Waals surface area contributed by atoms with Gasteiger partial charge in [-0.05, 0) is 37.3 Å². The fourth-order valence-corrected chi connectivity index (χ4v) is 3.65. The maximum absolute atomic E-state index is 12.7. The average Bonchev–Trinajstić information content (AvgIpc) is 3.30. The Hall–Kier alpha value is -3.85. The first kappa shape index (κ1) is 18.5. The molecule has 1 N–H and O–H groups in total. The molecule has 0 fully saturated rings. The van der Waals surface area contributed by atoms with Crippen LogP contribution < -0.4 is 15.3 Å². The number of thiazole rings is 1. The molecule has 0 unspecified atom stereocenters. The second kappa shape index (κ2) is 6.95. The molecule has 1 aromatic heterocycles. The molecule has 2 heterocycles.